The third-order valence-electron chi connectivity index (χ3n) is 3.75. The molecule has 2 rings (SSSR count). The second-order valence-electron chi connectivity index (χ2n) is 5.77. The van der Waals surface area contributed by atoms with Gasteiger partial charge in [-0.05, 0) is 48.9 Å². The molecule has 0 heterocycles. The van der Waals surface area contributed by atoms with Gasteiger partial charge in [0.15, 0.2) is 0 Å². The fraction of sp³-hybridized carbons (Fsp3) is 0.222. The number of rotatable bonds is 3. The Kier molecular flexibility index (Phi) is 5.72. The summed E-state index contributed by atoms with van der Waals surface area (Å²) in [4.78, 5) is 23.7. The van der Waals surface area contributed by atoms with Crippen LogP contribution in [-0.4, -0.2) is 19.0 Å². The number of amides is 1. The largest absolute Gasteiger partial charge is 0.465 e. The molecule has 1 N–H and O–H groups in total. The number of carbonyl (C=O) groups excluding carboxylic acids is 2. The van der Waals surface area contributed by atoms with Gasteiger partial charge >= 0.3 is 18.3 Å². The van der Waals surface area contributed by atoms with Gasteiger partial charge in [0, 0.05) is 11.3 Å². The van der Waals surface area contributed by atoms with E-state index in [4.69, 9.17) is 0 Å². The molecule has 0 aliphatic carbocycles. The number of anilines is 1. The molecule has 28 heavy (non-hydrogen) atoms. The van der Waals surface area contributed by atoms with E-state index in [1.165, 1.54) is 32.2 Å². The Hall–Kier alpha value is -3.04. The zero-order valence-electron chi connectivity index (χ0n) is 14.5. The molecule has 150 valence electrons. The third-order valence-corrected chi connectivity index (χ3v) is 3.75. The number of carbonyl (C=O) groups is 2. The van der Waals surface area contributed by atoms with Crippen molar-refractivity contribution in [3.8, 4) is 0 Å². The maximum absolute atomic E-state index is 12.9. The van der Waals surface area contributed by atoms with Crippen molar-refractivity contribution in [2.45, 2.75) is 19.3 Å². The Labute approximate surface area is 155 Å². The van der Waals surface area contributed by atoms with Gasteiger partial charge in [0.1, 0.15) is 0 Å². The Morgan fingerprint density at radius 3 is 1.82 bits per heavy atom. The molecule has 0 atom stereocenters. The maximum atomic E-state index is 12.9. The molecule has 0 saturated heterocycles. The molecule has 2 aromatic carbocycles. The number of halogens is 6. The summed E-state index contributed by atoms with van der Waals surface area (Å²) in [6.45, 7) is 1.50. The van der Waals surface area contributed by atoms with Gasteiger partial charge in [-0.3, -0.25) is 4.79 Å². The Morgan fingerprint density at radius 1 is 0.857 bits per heavy atom. The first-order valence-electron chi connectivity index (χ1n) is 7.62. The molecule has 1 amide bonds. The van der Waals surface area contributed by atoms with Crippen LogP contribution >= 0.6 is 0 Å². The van der Waals surface area contributed by atoms with Gasteiger partial charge < -0.3 is 10.1 Å². The first-order valence-corrected chi connectivity index (χ1v) is 7.62. The van der Waals surface area contributed by atoms with Crippen molar-refractivity contribution in [2.75, 3.05) is 12.4 Å². The lowest BCUT2D eigenvalue weighted by molar-refractivity contribution is -0.143. The van der Waals surface area contributed by atoms with E-state index in [0.29, 0.717) is 17.7 Å². The fourth-order valence-electron chi connectivity index (χ4n) is 2.33. The van der Waals surface area contributed by atoms with E-state index in [9.17, 15) is 35.9 Å². The van der Waals surface area contributed by atoms with Gasteiger partial charge in [0.05, 0.1) is 23.8 Å². The maximum Gasteiger partial charge on any atom is 0.416 e. The molecule has 0 spiro atoms. The van der Waals surface area contributed by atoms with E-state index in [1.807, 2.05) is 0 Å². The number of methoxy groups -OCH3 is 1. The van der Waals surface area contributed by atoms with Gasteiger partial charge in [-0.2, -0.15) is 26.3 Å². The zero-order chi connectivity index (χ0) is 21.3. The number of nitrogens with one attached hydrogen (secondary N) is 1. The summed E-state index contributed by atoms with van der Waals surface area (Å²) >= 11 is 0. The van der Waals surface area contributed by atoms with Crippen LogP contribution < -0.4 is 5.32 Å². The molecule has 10 heteroatoms. The second-order valence-corrected chi connectivity index (χ2v) is 5.77. The summed E-state index contributed by atoms with van der Waals surface area (Å²) in [6.07, 6.45) is -10.1. The van der Waals surface area contributed by atoms with Gasteiger partial charge in [-0.15, -0.1) is 0 Å². The highest BCUT2D eigenvalue weighted by molar-refractivity contribution is 6.05. The summed E-state index contributed by atoms with van der Waals surface area (Å²) in [5.41, 5.74) is -3.35. The van der Waals surface area contributed by atoms with Gasteiger partial charge in [-0.25, -0.2) is 4.79 Å². The zero-order valence-corrected chi connectivity index (χ0v) is 14.5. The van der Waals surface area contributed by atoms with Gasteiger partial charge in [0.25, 0.3) is 5.91 Å². The molecule has 0 radical (unpaired) electrons. The normalized spacial score (nSPS) is 11.9. The first kappa shape index (κ1) is 21.3. The number of ether oxygens (including phenoxy) is 1. The van der Waals surface area contributed by atoms with E-state index in [2.05, 4.69) is 10.1 Å². The van der Waals surface area contributed by atoms with Crippen molar-refractivity contribution >= 4 is 17.6 Å². The summed E-state index contributed by atoms with van der Waals surface area (Å²) < 4.78 is 81.9. The second kappa shape index (κ2) is 7.53. The number of aryl methyl sites for hydroxylation is 1. The summed E-state index contributed by atoms with van der Waals surface area (Å²) in [5.74, 6) is -1.81. The van der Waals surface area contributed by atoms with Crippen LogP contribution in [0.25, 0.3) is 0 Å². The number of hydrogen-bond donors (Lipinski definition) is 1. The predicted molar refractivity (Wildman–Crippen MR) is 86.9 cm³/mol. The lowest BCUT2D eigenvalue weighted by atomic mass is 10.0. The highest BCUT2D eigenvalue weighted by Gasteiger charge is 2.37. The van der Waals surface area contributed by atoms with Crippen LogP contribution in [0.1, 0.15) is 37.4 Å². The van der Waals surface area contributed by atoms with E-state index in [0.717, 1.165) is 0 Å². The number of benzene rings is 2. The van der Waals surface area contributed by atoms with Crippen LogP contribution in [-0.2, 0) is 17.1 Å². The molecule has 0 aliphatic rings. The van der Waals surface area contributed by atoms with E-state index >= 15 is 0 Å². The minimum absolute atomic E-state index is 0.0623. The molecule has 0 fully saturated rings. The lowest BCUT2D eigenvalue weighted by Gasteiger charge is -2.15. The van der Waals surface area contributed by atoms with E-state index < -0.39 is 40.9 Å². The third kappa shape index (κ3) is 4.81. The number of hydrogen-bond acceptors (Lipinski definition) is 3. The monoisotopic (exact) mass is 405 g/mol. The van der Waals surface area contributed by atoms with Crippen LogP contribution in [0.5, 0.6) is 0 Å². The SMILES string of the molecule is COC(=O)c1ccc(NC(=O)c2cc(C(F)(F)F)cc(C(F)(F)F)c2)c(C)c1. The molecular formula is C18H13F6NO3. The predicted octanol–water partition coefficient (Wildman–Crippen LogP) is 5.07. The quantitative estimate of drug-likeness (QED) is 0.573. The van der Waals surface area contributed by atoms with Crippen LogP contribution in [0.15, 0.2) is 36.4 Å². The molecule has 0 unspecified atom stereocenters. The lowest BCUT2D eigenvalue weighted by Crippen LogP contribution is -2.17. The van der Waals surface area contributed by atoms with Crippen molar-refractivity contribution in [2.24, 2.45) is 0 Å². The van der Waals surface area contributed by atoms with Crippen molar-refractivity contribution in [1.29, 1.82) is 0 Å². The first-order chi connectivity index (χ1) is 12.8. The number of esters is 1. The number of alkyl halides is 6. The van der Waals surface area contributed by atoms with Crippen molar-refractivity contribution in [3.05, 3.63) is 64.2 Å². The minimum Gasteiger partial charge on any atom is -0.465 e. The smallest absolute Gasteiger partial charge is 0.416 e. The van der Waals surface area contributed by atoms with Gasteiger partial charge in [0.2, 0.25) is 0 Å². The molecular weight excluding hydrogens is 392 g/mol. The Morgan fingerprint density at radius 2 is 1.39 bits per heavy atom. The average Bonchev–Trinajstić information content (AvgIpc) is 2.60. The molecule has 0 bridgehead atoms. The van der Waals surface area contributed by atoms with Crippen LogP contribution in [0.3, 0.4) is 0 Å². The van der Waals surface area contributed by atoms with Crippen LogP contribution in [0, 0.1) is 6.92 Å². The van der Waals surface area contributed by atoms with Crippen LogP contribution in [0.4, 0.5) is 32.0 Å². The fourth-order valence-corrected chi connectivity index (χ4v) is 2.33. The summed E-state index contributed by atoms with van der Waals surface area (Å²) in [6, 6.07) is 4.55. The standard InChI is InChI=1S/C18H13F6NO3/c1-9-5-10(16(27)28-2)3-4-14(9)25-15(26)11-6-12(17(19,20)21)8-13(7-11)18(22,23)24/h3-8H,1-2H3,(H,25,26). The molecule has 0 saturated carbocycles. The highest BCUT2D eigenvalue weighted by Crippen LogP contribution is 2.36. The topological polar surface area (TPSA) is 55.4 Å². The van der Waals surface area contributed by atoms with E-state index in [-0.39, 0.29) is 17.3 Å². The Bertz CT molecular complexity index is 886. The molecule has 4 nitrogen and oxygen atoms in total. The Balaban J connectivity index is 2.40. The molecule has 0 aliphatic heterocycles. The van der Waals surface area contributed by atoms with Gasteiger partial charge in [-0.1, -0.05) is 0 Å². The molecule has 0 aromatic heterocycles. The highest BCUT2D eigenvalue weighted by atomic mass is 19.4. The van der Waals surface area contributed by atoms with Crippen LogP contribution in [0.2, 0.25) is 0 Å². The minimum atomic E-state index is -5.06. The summed E-state index contributed by atoms with van der Waals surface area (Å²) in [5, 5.41) is 2.24. The average molecular weight is 405 g/mol. The summed E-state index contributed by atoms with van der Waals surface area (Å²) in [7, 11) is 1.17. The van der Waals surface area contributed by atoms with Crippen molar-refractivity contribution in [1.82, 2.24) is 0 Å². The van der Waals surface area contributed by atoms with Crippen molar-refractivity contribution < 1.29 is 40.7 Å². The van der Waals surface area contributed by atoms with Crippen molar-refractivity contribution in [3.63, 3.8) is 0 Å². The van der Waals surface area contributed by atoms with E-state index in [1.54, 1.807) is 0 Å². The molecule has 2 aromatic rings.